The lowest BCUT2D eigenvalue weighted by atomic mass is 10.1. The van der Waals surface area contributed by atoms with Crippen LogP contribution >= 0.6 is 0 Å². The molecule has 0 aliphatic rings. The Labute approximate surface area is 214 Å². The predicted molar refractivity (Wildman–Crippen MR) is 151 cm³/mol. The van der Waals surface area contributed by atoms with Gasteiger partial charge in [-0.3, -0.25) is 4.79 Å². The average Bonchev–Trinajstić information content (AvgIpc) is 2.88. The quantitative estimate of drug-likeness (QED) is 0.104. The third kappa shape index (κ3) is 8.94. The van der Waals surface area contributed by atoms with Crippen molar-refractivity contribution >= 4 is 24.7 Å². The van der Waals surface area contributed by atoms with Gasteiger partial charge in [-0.15, -0.1) is 0 Å². The lowest BCUT2D eigenvalue weighted by Crippen LogP contribution is -2.63. The first-order chi connectivity index (χ1) is 17.1. The van der Waals surface area contributed by atoms with E-state index in [1.54, 1.807) is 0 Å². The lowest BCUT2D eigenvalue weighted by Gasteiger charge is -2.36. The molecule has 0 bridgehead atoms. The van der Waals surface area contributed by atoms with Gasteiger partial charge >= 0.3 is 5.97 Å². The van der Waals surface area contributed by atoms with Crippen molar-refractivity contribution < 1.29 is 14.0 Å². The maximum atomic E-state index is 11.1. The fourth-order valence-electron chi connectivity index (χ4n) is 4.47. The van der Waals surface area contributed by atoms with Crippen LogP contribution in [0.3, 0.4) is 0 Å². The molecule has 0 saturated carbocycles. The number of unbranched alkanes of at least 4 members (excludes halogenated alkanes) is 5. The largest absolute Gasteiger partial charge is 0.466 e. The van der Waals surface area contributed by atoms with Gasteiger partial charge < -0.3 is 9.16 Å². The molecule has 0 heterocycles. The highest BCUT2D eigenvalue weighted by atomic mass is 28.4. The number of carbonyl (C=O) groups excluding carboxylic acids is 1. The molecule has 0 spiro atoms. The first kappa shape index (κ1) is 28.8. The van der Waals surface area contributed by atoms with Crippen molar-refractivity contribution in [3.05, 3.63) is 84.1 Å². The monoisotopic (exact) mass is 492 g/mol. The topological polar surface area (TPSA) is 35.5 Å². The van der Waals surface area contributed by atoms with Gasteiger partial charge in [0.25, 0.3) is 8.32 Å². The fraction of sp³-hybridized carbons (Fsp3) is 0.452. The summed E-state index contributed by atoms with van der Waals surface area (Å²) in [5.41, 5.74) is 1.21. The molecule has 2 aromatic rings. The molecule has 0 N–H and O–H groups in total. The molecule has 2 aromatic carbocycles. The molecular weight excluding hydrogens is 448 g/mol. The number of ether oxygens (including phenoxy) is 1. The predicted octanol–water partition coefficient (Wildman–Crippen LogP) is 6.90. The van der Waals surface area contributed by atoms with Crippen LogP contribution < -0.4 is 10.4 Å². The second kappa shape index (κ2) is 16.3. The standard InChI is InChI=1S/C31H44O3Si/c1-5-7-8-12-19-27(3)31(24-17-11-18-26-33-28(4)32)35(34-25-6-2,29-20-13-9-14-21-29)30-22-15-10-16-23-30/h9-10,13-16,20-24H,3,5-8,11-12,17-19,25-26H2,1-2,4H3/b31-24-. The van der Waals surface area contributed by atoms with Crippen molar-refractivity contribution in [2.45, 2.75) is 78.6 Å². The van der Waals surface area contributed by atoms with E-state index in [0.717, 1.165) is 38.5 Å². The van der Waals surface area contributed by atoms with Crippen molar-refractivity contribution in [3.63, 3.8) is 0 Å². The summed E-state index contributed by atoms with van der Waals surface area (Å²) in [5, 5.41) is 3.83. The van der Waals surface area contributed by atoms with E-state index in [4.69, 9.17) is 9.16 Å². The van der Waals surface area contributed by atoms with E-state index in [9.17, 15) is 4.79 Å². The van der Waals surface area contributed by atoms with Gasteiger partial charge in [0.05, 0.1) is 6.61 Å². The summed E-state index contributed by atoms with van der Waals surface area (Å²) >= 11 is 0. The SMILES string of the molecule is C=C(CCCCCC)/C(=C/CCCCOC(C)=O)[Si](OCCC)(c1ccccc1)c1ccccc1. The van der Waals surface area contributed by atoms with Gasteiger partial charge in [0.1, 0.15) is 0 Å². The van der Waals surface area contributed by atoms with Crippen LogP contribution in [-0.4, -0.2) is 27.5 Å². The molecular formula is C31H44O3Si. The summed E-state index contributed by atoms with van der Waals surface area (Å²) in [6.07, 6.45) is 11.9. The summed E-state index contributed by atoms with van der Waals surface area (Å²) in [6, 6.07) is 21.6. The molecule has 0 saturated heterocycles. The zero-order valence-electron chi connectivity index (χ0n) is 22.1. The van der Waals surface area contributed by atoms with Crippen molar-refractivity contribution in [2.24, 2.45) is 0 Å². The van der Waals surface area contributed by atoms with Gasteiger partial charge in [-0.1, -0.05) is 112 Å². The van der Waals surface area contributed by atoms with E-state index in [0.29, 0.717) is 13.2 Å². The smallest absolute Gasteiger partial charge is 0.302 e. The Hall–Kier alpha value is -2.43. The highest BCUT2D eigenvalue weighted by Crippen LogP contribution is 2.28. The highest BCUT2D eigenvalue weighted by Gasteiger charge is 2.44. The van der Waals surface area contributed by atoms with Gasteiger partial charge in [0, 0.05) is 13.5 Å². The Morgan fingerprint density at radius 3 is 2.00 bits per heavy atom. The number of carbonyl (C=O) groups is 1. The van der Waals surface area contributed by atoms with E-state index >= 15 is 0 Å². The summed E-state index contributed by atoms with van der Waals surface area (Å²) in [5.74, 6) is -0.214. The summed E-state index contributed by atoms with van der Waals surface area (Å²) in [7, 11) is -2.74. The van der Waals surface area contributed by atoms with Gasteiger partial charge in [-0.25, -0.2) is 0 Å². The number of rotatable bonds is 17. The van der Waals surface area contributed by atoms with E-state index in [-0.39, 0.29) is 5.97 Å². The molecule has 35 heavy (non-hydrogen) atoms. The number of allylic oxidation sites excluding steroid dienone is 3. The van der Waals surface area contributed by atoms with Crippen molar-refractivity contribution in [2.75, 3.05) is 13.2 Å². The van der Waals surface area contributed by atoms with E-state index in [1.807, 2.05) is 0 Å². The van der Waals surface area contributed by atoms with E-state index in [1.165, 1.54) is 47.3 Å². The van der Waals surface area contributed by atoms with Crippen LogP contribution in [0.25, 0.3) is 0 Å². The Balaban J connectivity index is 2.50. The van der Waals surface area contributed by atoms with Gasteiger partial charge in [0.15, 0.2) is 0 Å². The van der Waals surface area contributed by atoms with Gasteiger partial charge in [-0.2, -0.15) is 0 Å². The van der Waals surface area contributed by atoms with Crippen LogP contribution in [0, 0.1) is 0 Å². The Bertz CT molecular complexity index is 866. The second-order valence-electron chi connectivity index (χ2n) is 9.13. The van der Waals surface area contributed by atoms with Crippen LogP contribution in [0.5, 0.6) is 0 Å². The van der Waals surface area contributed by atoms with Gasteiger partial charge in [0.2, 0.25) is 0 Å². The average molecular weight is 493 g/mol. The molecule has 4 heteroatoms. The van der Waals surface area contributed by atoms with Crippen molar-refractivity contribution in [1.82, 2.24) is 0 Å². The van der Waals surface area contributed by atoms with Crippen LogP contribution in [-0.2, 0) is 14.0 Å². The first-order valence-corrected chi connectivity index (χ1v) is 15.2. The molecule has 0 aliphatic carbocycles. The third-order valence-electron chi connectivity index (χ3n) is 6.23. The number of hydrogen-bond donors (Lipinski definition) is 0. The number of esters is 1. The van der Waals surface area contributed by atoms with Crippen molar-refractivity contribution in [3.8, 4) is 0 Å². The highest BCUT2D eigenvalue weighted by molar-refractivity contribution is 7.03. The Morgan fingerprint density at radius 2 is 1.46 bits per heavy atom. The van der Waals surface area contributed by atoms with Gasteiger partial charge in [-0.05, 0) is 54.1 Å². The minimum Gasteiger partial charge on any atom is -0.466 e. The van der Waals surface area contributed by atoms with Crippen LogP contribution in [0.15, 0.2) is 84.1 Å². The molecule has 2 rings (SSSR count). The third-order valence-corrected chi connectivity index (χ3v) is 10.5. The molecule has 0 aromatic heterocycles. The molecule has 190 valence electrons. The molecule has 0 fully saturated rings. The Morgan fingerprint density at radius 1 is 0.829 bits per heavy atom. The maximum absolute atomic E-state index is 11.1. The Kier molecular flexibility index (Phi) is 13.4. The molecule has 0 unspecified atom stereocenters. The zero-order valence-corrected chi connectivity index (χ0v) is 23.1. The van der Waals surface area contributed by atoms with Crippen molar-refractivity contribution in [1.29, 1.82) is 0 Å². The maximum Gasteiger partial charge on any atom is 0.302 e. The molecule has 0 amide bonds. The normalized spacial score (nSPS) is 11.9. The fourth-order valence-corrected chi connectivity index (χ4v) is 8.80. The summed E-state index contributed by atoms with van der Waals surface area (Å²) in [4.78, 5) is 11.1. The van der Waals surface area contributed by atoms with Crippen LogP contribution in [0.2, 0.25) is 0 Å². The number of benzene rings is 2. The van der Waals surface area contributed by atoms with Crippen LogP contribution in [0.4, 0.5) is 0 Å². The summed E-state index contributed by atoms with van der Waals surface area (Å²) in [6.45, 7) is 11.7. The first-order valence-electron chi connectivity index (χ1n) is 13.3. The van der Waals surface area contributed by atoms with E-state index in [2.05, 4.69) is 87.2 Å². The van der Waals surface area contributed by atoms with Crippen LogP contribution in [0.1, 0.15) is 78.6 Å². The minimum atomic E-state index is -2.74. The van der Waals surface area contributed by atoms with E-state index < -0.39 is 8.32 Å². The lowest BCUT2D eigenvalue weighted by molar-refractivity contribution is -0.141. The molecule has 0 atom stereocenters. The second-order valence-corrected chi connectivity index (χ2v) is 12.5. The number of hydrogen-bond acceptors (Lipinski definition) is 3. The summed E-state index contributed by atoms with van der Waals surface area (Å²) < 4.78 is 12.2. The zero-order chi connectivity index (χ0) is 25.4. The molecule has 3 nitrogen and oxygen atoms in total. The molecule has 0 aliphatic heterocycles. The minimum absolute atomic E-state index is 0.214. The molecule has 0 radical (unpaired) electrons.